The Kier molecular flexibility index (Phi) is 3.05. The van der Waals surface area contributed by atoms with E-state index in [0.29, 0.717) is 11.2 Å². The predicted molar refractivity (Wildman–Crippen MR) is 90.6 cm³/mol. The SMILES string of the molecule is CC1C(c2ccccc2)=CSc2nc3c(c(=O)[nH]c(=O)n3C)n21. The van der Waals surface area contributed by atoms with Gasteiger partial charge in [-0.05, 0) is 23.5 Å². The molecule has 0 fully saturated rings. The summed E-state index contributed by atoms with van der Waals surface area (Å²) in [5.74, 6) is 0. The molecule has 4 rings (SSSR count). The van der Waals surface area contributed by atoms with Crippen molar-refractivity contribution in [3.8, 4) is 0 Å². The molecule has 2 aromatic heterocycles. The number of rotatable bonds is 1. The van der Waals surface area contributed by atoms with Crippen molar-refractivity contribution in [2.75, 3.05) is 0 Å². The smallest absolute Gasteiger partial charge is 0.305 e. The van der Waals surface area contributed by atoms with Gasteiger partial charge in [0.1, 0.15) is 0 Å². The quantitative estimate of drug-likeness (QED) is 0.743. The lowest BCUT2D eigenvalue weighted by Crippen LogP contribution is -2.29. The molecule has 1 N–H and O–H groups in total. The fraction of sp³-hybridized carbons (Fsp3) is 0.188. The number of aromatic nitrogens is 4. The molecule has 1 unspecified atom stereocenters. The van der Waals surface area contributed by atoms with Gasteiger partial charge in [0.25, 0.3) is 5.56 Å². The lowest BCUT2D eigenvalue weighted by molar-refractivity contribution is 0.627. The highest BCUT2D eigenvalue weighted by atomic mass is 32.2. The minimum atomic E-state index is -0.452. The molecule has 1 aromatic carbocycles. The number of hydrogen-bond acceptors (Lipinski definition) is 4. The van der Waals surface area contributed by atoms with E-state index in [1.807, 2.05) is 41.8 Å². The third-order valence-electron chi connectivity index (χ3n) is 4.15. The van der Waals surface area contributed by atoms with Gasteiger partial charge in [-0.15, -0.1) is 0 Å². The average Bonchev–Trinajstić information content (AvgIpc) is 2.95. The van der Waals surface area contributed by atoms with Crippen LogP contribution in [0.25, 0.3) is 16.7 Å². The second-order valence-corrected chi connectivity index (χ2v) is 6.32. The number of benzene rings is 1. The molecule has 0 saturated carbocycles. The van der Waals surface area contributed by atoms with E-state index in [-0.39, 0.29) is 6.04 Å². The number of fused-ring (bicyclic) bond motifs is 3. The van der Waals surface area contributed by atoms with Crippen molar-refractivity contribution >= 4 is 28.5 Å². The molecule has 0 radical (unpaired) electrons. The molecule has 0 saturated heterocycles. The van der Waals surface area contributed by atoms with Crippen LogP contribution in [0.5, 0.6) is 0 Å². The van der Waals surface area contributed by atoms with E-state index in [1.54, 1.807) is 7.05 Å². The summed E-state index contributed by atoms with van der Waals surface area (Å²) in [6, 6.07) is 10.0. The van der Waals surface area contributed by atoms with Crippen molar-refractivity contribution in [3.63, 3.8) is 0 Å². The molecule has 0 aliphatic carbocycles. The number of H-pyrrole nitrogens is 1. The number of aryl methyl sites for hydroxylation is 1. The summed E-state index contributed by atoms with van der Waals surface area (Å²) < 4.78 is 3.28. The minimum Gasteiger partial charge on any atom is -0.305 e. The molecular weight excluding hydrogens is 312 g/mol. The molecule has 1 aliphatic heterocycles. The fourth-order valence-electron chi connectivity index (χ4n) is 2.92. The van der Waals surface area contributed by atoms with Crippen LogP contribution in [0.3, 0.4) is 0 Å². The maximum atomic E-state index is 12.3. The molecule has 0 amide bonds. The maximum Gasteiger partial charge on any atom is 0.329 e. The van der Waals surface area contributed by atoms with Crippen LogP contribution in [0.4, 0.5) is 0 Å². The Morgan fingerprint density at radius 1 is 1.22 bits per heavy atom. The van der Waals surface area contributed by atoms with E-state index in [4.69, 9.17) is 0 Å². The van der Waals surface area contributed by atoms with Crippen LogP contribution in [-0.4, -0.2) is 19.1 Å². The Hall–Kier alpha value is -2.54. The lowest BCUT2D eigenvalue weighted by atomic mass is 10.0. The van der Waals surface area contributed by atoms with E-state index >= 15 is 0 Å². The van der Waals surface area contributed by atoms with E-state index in [0.717, 1.165) is 16.3 Å². The summed E-state index contributed by atoms with van der Waals surface area (Å²) in [5.41, 5.74) is 2.23. The number of thioether (sulfide) groups is 1. The first kappa shape index (κ1) is 14.1. The molecule has 7 heteroatoms. The van der Waals surface area contributed by atoms with Gasteiger partial charge >= 0.3 is 5.69 Å². The number of nitrogens with one attached hydrogen (secondary N) is 1. The molecule has 0 spiro atoms. The number of hydrogen-bond donors (Lipinski definition) is 1. The first-order valence-corrected chi connectivity index (χ1v) is 8.09. The molecule has 116 valence electrons. The third kappa shape index (κ3) is 2.00. The summed E-state index contributed by atoms with van der Waals surface area (Å²) in [7, 11) is 1.61. The van der Waals surface area contributed by atoms with Gasteiger partial charge in [0.05, 0.1) is 6.04 Å². The van der Waals surface area contributed by atoms with Gasteiger partial charge in [-0.1, -0.05) is 42.1 Å². The molecule has 6 nitrogen and oxygen atoms in total. The zero-order valence-electron chi connectivity index (χ0n) is 12.6. The second-order valence-electron chi connectivity index (χ2n) is 5.49. The van der Waals surface area contributed by atoms with Crippen molar-refractivity contribution in [1.29, 1.82) is 0 Å². The summed E-state index contributed by atoms with van der Waals surface area (Å²) in [4.78, 5) is 30.9. The van der Waals surface area contributed by atoms with E-state index in [1.165, 1.54) is 16.3 Å². The van der Waals surface area contributed by atoms with Crippen LogP contribution < -0.4 is 11.2 Å². The molecule has 23 heavy (non-hydrogen) atoms. The monoisotopic (exact) mass is 326 g/mol. The van der Waals surface area contributed by atoms with Crippen molar-refractivity contribution in [1.82, 2.24) is 19.1 Å². The maximum absolute atomic E-state index is 12.3. The summed E-state index contributed by atoms with van der Waals surface area (Å²) in [6.45, 7) is 2.04. The first-order valence-electron chi connectivity index (χ1n) is 7.21. The largest absolute Gasteiger partial charge is 0.329 e. The highest BCUT2D eigenvalue weighted by Gasteiger charge is 2.26. The summed E-state index contributed by atoms with van der Waals surface area (Å²) in [5, 5.41) is 2.78. The molecule has 1 atom stereocenters. The first-order chi connectivity index (χ1) is 11.1. The van der Waals surface area contributed by atoms with Gasteiger partial charge in [-0.2, -0.15) is 0 Å². The van der Waals surface area contributed by atoms with Crippen LogP contribution in [0.15, 0.2) is 50.5 Å². The minimum absolute atomic E-state index is 0.0442. The van der Waals surface area contributed by atoms with Gasteiger partial charge in [-0.25, -0.2) is 9.78 Å². The Bertz CT molecular complexity index is 1060. The zero-order valence-corrected chi connectivity index (χ0v) is 13.4. The predicted octanol–water partition coefficient (Wildman–Crippen LogP) is 2.13. The van der Waals surface area contributed by atoms with Gasteiger partial charge < -0.3 is 4.57 Å². The molecular formula is C16H14N4O2S. The normalized spacial score (nSPS) is 17.1. The van der Waals surface area contributed by atoms with E-state index in [9.17, 15) is 9.59 Å². The molecule has 1 aliphatic rings. The topological polar surface area (TPSA) is 72.7 Å². The number of nitrogens with zero attached hydrogens (tertiary/aromatic N) is 3. The van der Waals surface area contributed by atoms with Gasteiger partial charge in [-0.3, -0.25) is 14.3 Å². The van der Waals surface area contributed by atoms with Crippen molar-refractivity contribution in [3.05, 3.63) is 62.1 Å². The van der Waals surface area contributed by atoms with Crippen molar-refractivity contribution < 1.29 is 0 Å². The van der Waals surface area contributed by atoms with E-state index < -0.39 is 11.2 Å². The summed E-state index contributed by atoms with van der Waals surface area (Å²) >= 11 is 1.47. The van der Waals surface area contributed by atoms with Gasteiger partial charge in [0.2, 0.25) is 0 Å². The van der Waals surface area contributed by atoms with Crippen LogP contribution in [0.2, 0.25) is 0 Å². The molecule has 3 heterocycles. The Balaban J connectivity index is 1.98. The average molecular weight is 326 g/mol. The van der Waals surface area contributed by atoms with Crippen LogP contribution in [-0.2, 0) is 7.05 Å². The van der Waals surface area contributed by atoms with Crippen LogP contribution in [0.1, 0.15) is 18.5 Å². The summed E-state index contributed by atoms with van der Waals surface area (Å²) in [6.07, 6.45) is 0. The zero-order chi connectivity index (χ0) is 16.1. The Morgan fingerprint density at radius 3 is 2.70 bits per heavy atom. The van der Waals surface area contributed by atoms with Crippen molar-refractivity contribution in [2.45, 2.75) is 18.1 Å². The standard InChI is InChI=1S/C16H14N4O2S/c1-9-11(10-6-4-3-5-7-10)8-23-16-17-13-12(20(9)16)14(21)18-15(22)19(13)2/h3-9H,1-2H3,(H,18,21,22). The molecule has 0 bridgehead atoms. The second kappa shape index (κ2) is 4.99. The number of imidazole rings is 1. The Labute approximate surface area is 135 Å². The lowest BCUT2D eigenvalue weighted by Gasteiger charge is -2.24. The fourth-order valence-corrected chi connectivity index (χ4v) is 3.99. The highest BCUT2D eigenvalue weighted by Crippen LogP contribution is 2.40. The molecule has 3 aromatic rings. The Morgan fingerprint density at radius 2 is 1.96 bits per heavy atom. The van der Waals surface area contributed by atoms with Crippen molar-refractivity contribution in [2.24, 2.45) is 7.05 Å². The van der Waals surface area contributed by atoms with Crippen LogP contribution in [0, 0.1) is 0 Å². The third-order valence-corrected chi connectivity index (χ3v) is 5.02. The van der Waals surface area contributed by atoms with Crippen LogP contribution >= 0.6 is 11.8 Å². The highest BCUT2D eigenvalue weighted by molar-refractivity contribution is 8.02. The number of allylic oxidation sites excluding steroid dienone is 1. The van der Waals surface area contributed by atoms with Gasteiger partial charge in [0, 0.05) is 7.05 Å². The number of aromatic amines is 1. The van der Waals surface area contributed by atoms with Gasteiger partial charge in [0.15, 0.2) is 16.3 Å². The van der Waals surface area contributed by atoms with E-state index in [2.05, 4.69) is 15.4 Å².